The number of halogens is 1. The number of amides is 1. The third-order valence-electron chi connectivity index (χ3n) is 5.77. The fourth-order valence-electron chi connectivity index (χ4n) is 4.07. The van der Waals surface area contributed by atoms with Crippen LogP contribution in [0.5, 0.6) is 0 Å². The lowest BCUT2D eigenvalue weighted by atomic mass is 10.0. The molecule has 5 rings (SSSR count). The highest BCUT2D eigenvalue weighted by Crippen LogP contribution is 2.45. The lowest BCUT2D eigenvalue weighted by molar-refractivity contribution is -0.113. The van der Waals surface area contributed by atoms with E-state index in [0.29, 0.717) is 5.00 Å². The molecule has 178 valence electrons. The number of likely N-dealkylation sites (N-methyl/N-ethyl adjacent to an activating group) is 1. The number of thiophene rings is 1. The van der Waals surface area contributed by atoms with Gasteiger partial charge in [-0.15, -0.1) is 35.1 Å². The number of nitrogens with zero attached hydrogens (tertiary/aromatic N) is 2. The molecule has 1 amide bonds. The molecular weight excluding hydrogens is 510 g/mol. The summed E-state index contributed by atoms with van der Waals surface area (Å²) in [5.41, 5.74) is 3.08. The SMILES string of the molecule is CCN1CCc2c(sc(NC(=O)CS(=O)(=O)c3ccccc3)c2-c2nc3ccccc3s2)C1.Cl. The molecule has 0 atom stereocenters. The Morgan fingerprint density at radius 1 is 1.09 bits per heavy atom. The van der Waals surface area contributed by atoms with Crippen molar-refractivity contribution in [3.63, 3.8) is 0 Å². The number of aromatic nitrogens is 1. The standard InChI is InChI=1S/C24H23N3O3S3.ClH/c1-2-27-13-12-17-20(14-27)32-24(22(17)23-25-18-10-6-7-11-19(18)31-23)26-21(28)15-33(29,30)16-8-4-3-5-9-16;/h3-11H,2,12-15H2,1H3,(H,26,28);1H. The van der Waals surface area contributed by atoms with Gasteiger partial charge in [0.15, 0.2) is 9.84 Å². The van der Waals surface area contributed by atoms with Gasteiger partial charge in [0.25, 0.3) is 0 Å². The van der Waals surface area contributed by atoms with E-state index in [1.54, 1.807) is 29.5 Å². The Balaban J connectivity index is 0.00000274. The summed E-state index contributed by atoms with van der Waals surface area (Å²) in [5, 5.41) is 4.46. The third kappa shape index (κ3) is 4.89. The predicted octanol–water partition coefficient (Wildman–Crippen LogP) is 5.24. The second-order valence-corrected chi connectivity index (χ2v) is 12.1. The molecule has 0 aliphatic carbocycles. The van der Waals surface area contributed by atoms with Crippen LogP contribution in [0.4, 0.5) is 5.00 Å². The minimum Gasteiger partial charge on any atom is -0.316 e. The highest BCUT2D eigenvalue weighted by molar-refractivity contribution is 7.92. The second kappa shape index (κ2) is 10.1. The molecule has 4 aromatic rings. The van der Waals surface area contributed by atoms with Crippen LogP contribution in [0.2, 0.25) is 0 Å². The number of rotatable bonds is 6. The van der Waals surface area contributed by atoms with Gasteiger partial charge in [0.2, 0.25) is 5.91 Å². The normalized spacial score (nSPS) is 13.9. The minimum absolute atomic E-state index is 0. The summed E-state index contributed by atoms with van der Waals surface area (Å²) in [5.74, 6) is -1.13. The molecule has 3 heterocycles. The average molecular weight is 534 g/mol. The summed E-state index contributed by atoms with van der Waals surface area (Å²) in [7, 11) is -3.72. The summed E-state index contributed by atoms with van der Waals surface area (Å²) in [6.07, 6.45) is 0.878. The Morgan fingerprint density at radius 3 is 2.56 bits per heavy atom. The molecule has 2 aromatic carbocycles. The number of carbonyl (C=O) groups is 1. The molecule has 0 saturated carbocycles. The summed E-state index contributed by atoms with van der Waals surface area (Å²) in [6, 6.07) is 16.1. The number of hydrogen-bond donors (Lipinski definition) is 1. The van der Waals surface area contributed by atoms with Gasteiger partial charge in [-0.05, 0) is 42.8 Å². The highest BCUT2D eigenvalue weighted by atomic mass is 35.5. The average Bonchev–Trinajstić information content (AvgIpc) is 3.39. The molecule has 34 heavy (non-hydrogen) atoms. The summed E-state index contributed by atoms with van der Waals surface area (Å²) in [6.45, 7) is 4.88. The van der Waals surface area contributed by atoms with Crippen molar-refractivity contribution in [1.82, 2.24) is 9.88 Å². The molecule has 6 nitrogen and oxygen atoms in total. The molecule has 0 radical (unpaired) electrons. The fourth-order valence-corrected chi connectivity index (χ4v) is 7.64. The number of benzene rings is 2. The van der Waals surface area contributed by atoms with Crippen molar-refractivity contribution >= 4 is 66.0 Å². The number of carbonyl (C=O) groups excluding carboxylic acids is 1. The molecule has 1 aliphatic heterocycles. The zero-order chi connectivity index (χ0) is 23.0. The van der Waals surface area contributed by atoms with Gasteiger partial charge < -0.3 is 5.32 Å². The van der Waals surface area contributed by atoms with Crippen molar-refractivity contribution in [2.45, 2.75) is 24.8 Å². The third-order valence-corrected chi connectivity index (χ3v) is 9.59. The van der Waals surface area contributed by atoms with Crippen LogP contribution in [-0.4, -0.2) is 43.1 Å². The molecule has 0 spiro atoms. The summed E-state index contributed by atoms with van der Waals surface area (Å²) >= 11 is 3.13. The van der Waals surface area contributed by atoms with E-state index in [4.69, 9.17) is 4.98 Å². The van der Waals surface area contributed by atoms with E-state index in [0.717, 1.165) is 46.8 Å². The van der Waals surface area contributed by atoms with Crippen LogP contribution < -0.4 is 5.32 Å². The number of sulfone groups is 1. The van der Waals surface area contributed by atoms with E-state index in [1.165, 1.54) is 33.9 Å². The molecule has 0 fully saturated rings. The van der Waals surface area contributed by atoms with E-state index in [2.05, 4.69) is 17.1 Å². The smallest absolute Gasteiger partial charge is 0.240 e. The second-order valence-electron chi connectivity index (χ2n) is 7.93. The molecule has 0 saturated heterocycles. The predicted molar refractivity (Wildman–Crippen MR) is 142 cm³/mol. The van der Waals surface area contributed by atoms with E-state index >= 15 is 0 Å². The van der Waals surface area contributed by atoms with Crippen LogP contribution in [-0.2, 0) is 27.6 Å². The van der Waals surface area contributed by atoms with E-state index in [1.807, 2.05) is 24.3 Å². The van der Waals surface area contributed by atoms with Crippen molar-refractivity contribution in [3.05, 3.63) is 65.0 Å². The zero-order valence-electron chi connectivity index (χ0n) is 18.5. The molecule has 2 aromatic heterocycles. The molecule has 0 bridgehead atoms. The molecule has 1 aliphatic rings. The Morgan fingerprint density at radius 2 is 1.82 bits per heavy atom. The first-order valence-corrected chi connectivity index (χ1v) is 14.0. The Bertz CT molecular complexity index is 1400. The first-order valence-electron chi connectivity index (χ1n) is 10.7. The van der Waals surface area contributed by atoms with E-state index in [9.17, 15) is 13.2 Å². The van der Waals surface area contributed by atoms with E-state index < -0.39 is 21.5 Å². The number of anilines is 1. The highest BCUT2D eigenvalue weighted by Gasteiger charge is 2.28. The lowest BCUT2D eigenvalue weighted by Gasteiger charge is -2.25. The Kier molecular flexibility index (Phi) is 7.39. The van der Waals surface area contributed by atoms with Gasteiger partial charge in [0.05, 0.1) is 15.1 Å². The largest absolute Gasteiger partial charge is 0.316 e. The van der Waals surface area contributed by atoms with Gasteiger partial charge in [-0.3, -0.25) is 9.69 Å². The maximum absolute atomic E-state index is 12.9. The molecular formula is C24H24ClN3O3S3. The van der Waals surface area contributed by atoms with Crippen LogP contribution in [0, 0.1) is 0 Å². The van der Waals surface area contributed by atoms with E-state index in [-0.39, 0.29) is 17.3 Å². The van der Waals surface area contributed by atoms with Crippen molar-refractivity contribution in [2.24, 2.45) is 0 Å². The fraction of sp³-hybridized carbons (Fsp3) is 0.250. The van der Waals surface area contributed by atoms with Crippen LogP contribution in [0.15, 0.2) is 59.5 Å². The van der Waals surface area contributed by atoms with Gasteiger partial charge in [-0.25, -0.2) is 13.4 Å². The van der Waals surface area contributed by atoms with Crippen molar-refractivity contribution < 1.29 is 13.2 Å². The minimum atomic E-state index is -3.72. The Labute approximate surface area is 213 Å². The van der Waals surface area contributed by atoms with Gasteiger partial charge >= 0.3 is 0 Å². The van der Waals surface area contributed by atoms with Crippen molar-refractivity contribution in [1.29, 1.82) is 0 Å². The summed E-state index contributed by atoms with van der Waals surface area (Å²) < 4.78 is 26.5. The van der Waals surface area contributed by atoms with Gasteiger partial charge in [0.1, 0.15) is 15.8 Å². The zero-order valence-corrected chi connectivity index (χ0v) is 21.7. The van der Waals surface area contributed by atoms with Crippen LogP contribution in [0.25, 0.3) is 20.8 Å². The van der Waals surface area contributed by atoms with Gasteiger partial charge in [0, 0.05) is 23.5 Å². The number of hydrogen-bond acceptors (Lipinski definition) is 7. The lowest BCUT2D eigenvalue weighted by Crippen LogP contribution is -2.29. The number of para-hydroxylation sites is 1. The van der Waals surface area contributed by atoms with Crippen LogP contribution in [0.3, 0.4) is 0 Å². The molecule has 10 heteroatoms. The van der Waals surface area contributed by atoms with Gasteiger partial charge in [-0.2, -0.15) is 0 Å². The quantitative estimate of drug-likeness (QED) is 0.367. The van der Waals surface area contributed by atoms with Gasteiger partial charge in [-0.1, -0.05) is 37.3 Å². The van der Waals surface area contributed by atoms with Crippen molar-refractivity contribution in [2.75, 3.05) is 24.2 Å². The summed E-state index contributed by atoms with van der Waals surface area (Å²) in [4.78, 5) is 21.4. The van der Waals surface area contributed by atoms with Crippen LogP contribution >= 0.6 is 35.1 Å². The molecule has 1 N–H and O–H groups in total. The van der Waals surface area contributed by atoms with Crippen LogP contribution in [0.1, 0.15) is 17.4 Å². The maximum atomic E-state index is 12.9. The number of thiazole rings is 1. The van der Waals surface area contributed by atoms with Crippen molar-refractivity contribution in [3.8, 4) is 10.6 Å². The topological polar surface area (TPSA) is 79.4 Å². The number of fused-ring (bicyclic) bond motifs is 2. The first-order chi connectivity index (χ1) is 15.9. The number of nitrogens with one attached hydrogen (secondary N) is 1. The maximum Gasteiger partial charge on any atom is 0.240 e. The first kappa shape index (κ1) is 24.8. The molecule has 0 unspecified atom stereocenters. The Hall–Kier alpha value is -2.30. The monoisotopic (exact) mass is 533 g/mol.